The Morgan fingerprint density at radius 2 is 1.35 bits per heavy atom. The van der Waals surface area contributed by atoms with Crippen LogP contribution in [-0.4, -0.2) is 75.1 Å². The van der Waals surface area contributed by atoms with Gasteiger partial charge in [-0.15, -0.1) is 0 Å². The highest BCUT2D eigenvalue weighted by atomic mass is 16.4. The zero-order valence-electron chi connectivity index (χ0n) is 20.5. The van der Waals surface area contributed by atoms with E-state index in [0.29, 0.717) is 12.0 Å². The SMILES string of the molecule is CCC(C)C(N)C(=O)NC(CC(=O)O)C(=O)NC(Cc1ccc(O)cc1)C(=O)NC(CC(N)=O)C(=O)O. The minimum absolute atomic E-state index is 0.0666. The summed E-state index contributed by atoms with van der Waals surface area (Å²) in [5.74, 6) is -7.08. The quantitative estimate of drug-likeness (QED) is 0.128. The number of aliphatic carboxylic acids is 2. The van der Waals surface area contributed by atoms with E-state index in [0.717, 1.165) is 0 Å². The van der Waals surface area contributed by atoms with Crippen LogP contribution >= 0.6 is 0 Å². The first-order valence-electron chi connectivity index (χ1n) is 11.4. The number of amides is 4. The van der Waals surface area contributed by atoms with Crippen LogP contribution in [0.3, 0.4) is 0 Å². The van der Waals surface area contributed by atoms with E-state index in [9.17, 15) is 44.1 Å². The minimum atomic E-state index is -1.69. The van der Waals surface area contributed by atoms with Gasteiger partial charge in [-0.1, -0.05) is 32.4 Å². The lowest BCUT2D eigenvalue weighted by molar-refractivity contribution is -0.144. The van der Waals surface area contributed by atoms with Crippen LogP contribution in [0.2, 0.25) is 0 Å². The van der Waals surface area contributed by atoms with E-state index in [4.69, 9.17) is 11.5 Å². The highest BCUT2D eigenvalue weighted by Crippen LogP contribution is 2.12. The zero-order valence-corrected chi connectivity index (χ0v) is 20.5. The summed E-state index contributed by atoms with van der Waals surface area (Å²) >= 11 is 0. The summed E-state index contributed by atoms with van der Waals surface area (Å²) in [6.07, 6.45) is -1.19. The molecule has 1 rings (SSSR count). The van der Waals surface area contributed by atoms with Crippen LogP contribution in [0.15, 0.2) is 24.3 Å². The third kappa shape index (κ3) is 10.5. The number of rotatable bonds is 15. The predicted molar refractivity (Wildman–Crippen MR) is 129 cm³/mol. The zero-order chi connectivity index (χ0) is 28.3. The Morgan fingerprint density at radius 3 is 1.84 bits per heavy atom. The molecule has 0 aliphatic rings. The van der Waals surface area contributed by atoms with Crippen molar-refractivity contribution in [3.63, 3.8) is 0 Å². The van der Waals surface area contributed by atoms with Gasteiger partial charge in [-0.05, 0) is 23.6 Å². The van der Waals surface area contributed by atoms with E-state index < -0.39 is 72.6 Å². The van der Waals surface area contributed by atoms with Crippen molar-refractivity contribution in [2.75, 3.05) is 0 Å². The summed E-state index contributed by atoms with van der Waals surface area (Å²) in [6.45, 7) is 3.51. The highest BCUT2D eigenvalue weighted by Gasteiger charge is 2.32. The monoisotopic (exact) mass is 523 g/mol. The number of carbonyl (C=O) groups excluding carboxylic acids is 4. The molecule has 0 spiro atoms. The number of phenolic OH excluding ortho intramolecular Hbond substituents is 1. The van der Waals surface area contributed by atoms with Crippen LogP contribution < -0.4 is 27.4 Å². The van der Waals surface area contributed by atoms with Crippen molar-refractivity contribution in [3.05, 3.63) is 29.8 Å². The van der Waals surface area contributed by atoms with Gasteiger partial charge in [0, 0.05) is 6.42 Å². The summed E-state index contributed by atoms with van der Waals surface area (Å²) in [4.78, 5) is 72.4. The third-order valence-electron chi connectivity index (χ3n) is 5.60. The molecule has 0 saturated carbocycles. The van der Waals surface area contributed by atoms with Gasteiger partial charge in [0.05, 0.1) is 18.9 Å². The van der Waals surface area contributed by atoms with Crippen LogP contribution in [0, 0.1) is 5.92 Å². The maximum atomic E-state index is 13.0. The maximum Gasteiger partial charge on any atom is 0.326 e. The minimum Gasteiger partial charge on any atom is -0.508 e. The molecule has 0 saturated heterocycles. The first-order valence-corrected chi connectivity index (χ1v) is 11.4. The predicted octanol–water partition coefficient (Wildman–Crippen LogP) is -1.80. The molecule has 0 aliphatic heterocycles. The largest absolute Gasteiger partial charge is 0.508 e. The summed E-state index contributed by atoms with van der Waals surface area (Å²) in [7, 11) is 0. The molecule has 204 valence electrons. The Morgan fingerprint density at radius 1 is 0.838 bits per heavy atom. The lowest BCUT2D eigenvalue weighted by Gasteiger charge is -2.25. The normalized spacial score (nSPS) is 14.8. The van der Waals surface area contributed by atoms with Gasteiger partial charge in [0.2, 0.25) is 23.6 Å². The topological polar surface area (TPSA) is 251 Å². The van der Waals surface area contributed by atoms with Crippen molar-refractivity contribution in [1.29, 1.82) is 0 Å². The molecule has 5 unspecified atom stereocenters. The molecule has 0 heterocycles. The van der Waals surface area contributed by atoms with Gasteiger partial charge in [0.15, 0.2) is 0 Å². The Labute approximate surface area is 212 Å². The van der Waals surface area contributed by atoms with Crippen molar-refractivity contribution in [2.24, 2.45) is 17.4 Å². The fraction of sp³-hybridized carbons (Fsp3) is 0.478. The van der Waals surface area contributed by atoms with Crippen LogP contribution in [0.25, 0.3) is 0 Å². The van der Waals surface area contributed by atoms with E-state index >= 15 is 0 Å². The molecule has 37 heavy (non-hydrogen) atoms. The highest BCUT2D eigenvalue weighted by molar-refractivity contribution is 5.96. The van der Waals surface area contributed by atoms with E-state index in [1.54, 1.807) is 13.8 Å². The second-order valence-corrected chi connectivity index (χ2v) is 8.57. The molecule has 14 nitrogen and oxygen atoms in total. The molecule has 5 atom stereocenters. The number of nitrogens with two attached hydrogens (primary N) is 2. The first-order chi connectivity index (χ1) is 17.2. The fourth-order valence-corrected chi connectivity index (χ4v) is 3.19. The van der Waals surface area contributed by atoms with Crippen LogP contribution in [0.5, 0.6) is 5.75 Å². The number of benzene rings is 1. The molecule has 0 aromatic heterocycles. The smallest absolute Gasteiger partial charge is 0.326 e. The van der Waals surface area contributed by atoms with Crippen molar-refractivity contribution in [3.8, 4) is 5.75 Å². The van der Waals surface area contributed by atoms with Crippen molar-refractivity contribution in [2.45, 2.75) is 63.7 Å². The number of primary amides is 1. The lowest BCUT2D eigenvalue weighted by atomic mass is 9.98. The van der Waals surface area contributed by atoms with Crippen molar-refractivity contribution >= 4 is 35.6 Å². The number of nitrogens with one attached hydrogen (secondary N) is 3. The second kappa shape index (κ2) is 14.4. The van der Waals surface area contributed by atoms with E-state index in [1.165, 1.54) is 24.3 Å². The average molecular weight is 524 g/mol. The van der Waals surface area contributed by atoms with Gasteiger partial charge >= 0.3 is 11.9 Å². The molecule has 4 amide bonds. The van der Waals surface area contributed by atoms with E-state index in [1.807, 2.05) is 0 Å². The Balaban J connectivity index is 3.20. The van der Waals surface area contributed by atoms with E-state index in [2.05, 4.69) is 16.0 Å². The van der Waals surface area contributed by atoms with Gasteiger partial charge in [-0.3, -0.25) is 24.0 Å². The molecular formula is C23H33N5O9. The van der Waals surface area contributed by atoms with Gasteiger partial charge in [0.25, 0.3) is 0 Å². The summed E-state index contributed by atoms with van der Waals surface area (Å²) < 4.78 is 0. The lowest BCUT2D eigenvalue weighted by Crippen LogP contribution is -2.58. The second-order valence-electron chi connectivity index (χ2n) is 8.57. The standard InChI is InChI=1S/C23H33N5O9/c1-3-11(2)19(25)22(35)27-15(10-18(31)32)21(34)26-14(8-12-4-6-13(29)7-5-12)20(33)28-16(23(36)37)9-17(24)30/h4-7,11,14-16,19,29H,3,8-10,25H2,1-2H3,(H2,24,30)(H,26,34)(H,27,35)(H,28,33)(H,31,32)(H,36,37). The van der Waals surface area contributed by atoms with E-state index in [-0.39, 0.29) is 18.1 Å². The molecular weight excluding hydrogens is 490 g/mol. The molecule has 1 aromatic carbocycles. The molecule has 0 fully saturated rings. The number of hydrogen-bond donors (Lipinski definition) is 8. The number of hydrogen-bond acceptors (Lipinski definition) is 8. The number of carboxylic acids is 2. The number of phenols is 1. The number of carboxylic acid groups (broad SMARTS) is 2. The maximum absolute atomic E-state index is 13.0. The Hall–Kier alpha value is -4.20. The van der Waals surface area contributed by atoms with Crippen LogP contribution in [0.4, 0.5) is 0 Å². The number of carbonyl (C=O) groups is 6. The molecule has 0 radical (unpaired) electrons. The summed E-state index contributed by atoms with van der Waals surface area (Å²) in [6, 6.07) is -0.225. The van der Waals surface area contributed by atoms with Gasteiger partial charge in [-0.2, -0.15) is 0 Å². The summed E-state index contributed by atoms with van der Waals surface area (Å²) in [5.41, 5.74) is 11.3. The molecule has 14 heteroatoms. The Bertz CT molecular complexity index is 999. The van der Waals surface area contributed by atoms with Crippen molar-refractivity contribution in [1.82, 2.24) is 16.0 Å². The van der Waals surface area contributed by atoms with Gasteiger partial charge < -0.3 is 42.7 Å². The molecule has 10 N–H and O–H groups in total. The first kappa shape index (κ1) is 30.8. The molecule has 0 aliphatic carbocycles. The molecule has 1 aromatic rings. The third-order valence-corrected chi connectivity index (χ3v) is 5.60. The number of aromatic hydroxyl groups is 1. The molecule has 0 bridgehead atoms. The summed E-state index contributed by atoms with van der Waals surface area (Å²) in [5, 5.41) is 34.8. The van der Waals surface area contributed by atoms with Gasteiger partial charge in [0.1, 0.15) is 23.9 Å². The van der Waals surface area contributed by atoms with Crippen LogP contribution in [0.1, 0.15) is 38.7 Å². The Kier molecular flexibility index (Phi) is 12.0. The van der Waals surface area contributed by atoms with Gasteiger partial charge in [-0.25, -0.2) is 4.79 Å². The average Bonchev–Trinajstić information content (AvgIpc) is 2.82. The van der Waals surface area contributed by atoms with Crippen LogP contribution in [-0.2, 0) is 35.2 Å². The fourth-order valence-electron chi connectivity index (χ4n) is 3.19. The van der Waals surface area contributed by atoms with Crippen molar-refractivity contribution < 1.29 is 44.1 Å².